The first-order valence-electron chi connectivity index (χ1n) is 8.61. The first-order valence-corrected chi connectivity index (χ1v) is 8.61. The van der Waals surface area contributed by atoms with Crippen LogP contribution >= 0.6 is 0 Å². The minimum absolute atomic E-state index is 0.435. The summed E-state index contributed by atoms with van der Waals surface area (Å²) in [4.78, 5) is 0. The van der Waals surface area contributed by atoms with Crippen molar-refractivity contribution in [3.8, 4) is 0 Å². The maximum atomic E-state index is 10.8. The van der Waals surface area contributed by atoms with Crippen molar-refractivity contribution in [3.63, 3.8) is 0 Å². The predicted molar refractivity (Wildman–Crippen MR) is 85.5 cm³/mol. The van der Waals surface area contributed by atoms with Crippen LogP contribution in [0.1, 0.15) is 68.6 Å². The van der Waals surface area contributed by atoms with Crippen molar-refractivity contribution in [2.24, 2.45) is 0 Å². The number of aliphatic hydroxyl groups is 1. The van der Waals surface area contributed by atoms with Crippen LogP contribution in [0.25, 0.3) is 0 Å². The molecule has 0 spiro atoms. The molecule has 2 unspecified atom stereocenters. The van der Waals surface area contributed by atoms with Gasteiger partial charge in [-0.05, 0) is 81.4 Å². The molecular weight excluding hydrogens is 260 g/mol. The van der Waals surface area contributed by atoms with Gasteiger partial charge >= 0.3 is 0 Å². The Morgan fingerprint density at radius 3 is 2.76 bits per heavy atom. The van der Waals surface area contributed by atoms with Gasteiger partial charge in [0.2, 0.25) is 0 Å². The molecule has 0 saturated carbocycles. The molecule has 1 aliphatic carbocycles. The molecule has 0 aromatic heterocycles. The summed E-state index contributed by atoms with van der Waals surface area (Å²) in [6.45, 7) is 2.89. The van der Waals surface area contributed by atoms with E-state index in [1.807, 2.05) is 6.92 Å². The minimum atomic E-state index is -0.703. The lowest BCUT2D eigenvalue weighted by Crippen LogP contribution is -2.22. The average molecular weight is 288 g/mol. The number of benzene rings is 1. The van der Waals surface area contributed by atoms with Gasteiger partial charge in [-0.2, -0.15) is 0 Å². The van der Waals surface area contributed by atoms with Gasteiger partial charge in [-0.25, -0.2) is 0 Å². The van der Waals surface area contributed by atoms with Gasteiger partial charge in [0.25, 0.3) is 0 Å². The molecular formula is C19H28O2. The molecule has 0 amide bonds. The van der Waals surface area contributed by atoms with Crippen molar-refractivity contribution < 1.29 is 9.84 Å². The van der Waals surface area contributed by atoms with Gasteiger partial charge in [-0.3, -0.25) is 0 Å². The highest BCUT2D eigenvalue weighted by atomic mass is 16.5. The predicted octanol–water partition coefficient (Wildman–Crippen LogP) is 4.12. The molecule has 1 aromatic rings. The molecule has 1 aliphatic heterocycles. The van der Waals surface area contributed by atoms with Crippen LogP contribution in [0.3, 0.4) is 0 Å². The summed E-state index contributed by atoms with van der Waals surface area (Å²) < 4.78 is 5.67. The van der Waals surface area contributed by atoms with Gasteiger partial charge in [0.1, 0.15) is 0 Å². The maximum Gasteiger partial charge on any atom is 0.0868 e. The largest absolute Gasteiger partial charge is 0.385 e. The van der Waals surface area contributed by atoms with Crippen LogP contribution in [0.4, 0.5) is 0 Å². The Morgan fingerprint density at radius 2 is 2.00 bits per heavy atom. The van der Waals surface area contributed by atoms with Gasteiger partial charge in [-0.15, -0.1) is 0 Å². The fraction of sp³-hybridized carbons (Fsp3) is 0.684. The minimum Gasteiger partial charge on any atom is -0.385 e. The second-order valence-corrected chi connectivity index (χ2v) is 6.99. The Kier molecular flexibility index (Phi) is 4.66. The highest BCUT2D eigenvalue weighted by Gasteiger charge is 2.25. The molecule has 21 heavy (non-hydrogen) atoms. The fourth-order valence-electron chi connectivity index (χ4n) is 3.76. The highest BCUT2D eigenvalue weighted by molar-refractivity contribution is 5.36. The topological polar surface area (TPSA) is 29.5 Å². The van der Waals surface area contributed by atoms with E-state index >= 15 is 0 Å². The van der Waals surface area contributed by atoms with E-state index in [0.717, 1.165) is 31.4 Å². The summed E-state index contributed by atoms with van der Waals surface area (Å²) >= 11 is 0. The SMILES string of the molecule is CC(O)(CCCC1CCCO1)c1ccc2c(c1)CCCC2. The number of aryl methyl sites for hydroxylation is 2. The monoisotopic (exact) mass is 288 g/mol. The van der Waals surface area contributed by atoms with E-state index < -0.39 is 5.60 Å². The number of fused-ring (bicyclic) bond motifs is 1. The van der Waals surface area contributed by atoms with Crippen LogP contribution in [0.5, 0.6) is 0 Å². The molecule has 2 aliphatic rings. The third kappa shape index (κ3) is 3.67. The molecule has 2 nitrogen and oxygen atoms in total. The summed E-state index contributed by atoms with van der Waals surface area (Å²) in [5.74, 6) is 0. The molecule has 2 heteroatoms. The smallest absolute Gasteiger partial charge is 0.0868 e. The van der Waals surface area contributed by atoms with Gasteiger partial charge in [0, 0.05) is 6.61 Å². The number of rotatable bonds is 5. The van der Waals surface area contributed by atoms with Crippen LogP contribution in [0, 0.1) is 0 Å². The number of hydrogen-bond donors (Lipinski definition) is 1. The van der Waals surface area contributed by atoms with Crippen molar-refractivity contribution in [1.82, 2.24) is 0 Å². The third-order valence-electron chi connectivity index (χ3n) is 5.18. The number of hydrogen-bond acceptors (Lipinski definition) is 2. The van der Waals surface area contributed by atoms with Gasteiger partial charge in [-0.1, -0.05) is 18.2 Å². The average Bonchev–Trinajstić information content (AvgIpc) is 3.00. The lowest BCUT2D eigenvalue weighted by Gasteiger charge is -2.27. The van der Waals surface area contributed by atoms with E-state index in [1.165, 1.54) is 49.7 Å². The van der Waals surface area contributed by atoms with Gasteiger partial charge < -0.3 is 9.84 Å². The van der Waals surface area contributed by atoms with Gasteiger partial charge in [0.15, 0.2) is 0 Å². The second kappa shape index (κ2) is 6.50. The molecule has 2 atom stereocenters. The van der Waals surface area contributed by atoms with E-state index in [0.29, 0.717) is 6.10 Å². The molecule has 1 fully saturated rings. The van der Waals surface area contributed by atoms with E-state index in [-0.39, 0.29) is 0 Å². The van der Waals surface area contributed by atoms with E-state index in [1.54, 1.807) is 0 Å². The lowest BCUT2D eigenvalue weighted by molar-refractivity contribution is 0.0371. The standard InChI is InChI=1S/C19H28O2/c1-19(20,12-4-8-18-9-5-13-21-18)17-11-10-15-6-2-3-7-16(15)14-17/h10-11,14,18,20H,2-9,12-13H2,1H3. The molecule has 116 valence electrons. The molecule has 3 rings (SSSR count). The van der Waals surface area contributed by atoms with Crippen molar-refractivity contribution in [2.45, 2.75) is 76.4 Å². The first-order chi connectivity index (χ1) is 10.1. The molecule has 0 radical (unpaired) electrons. The Hall–Kier alpha value is -0.860. The molecule has 0 bridgehead atoms. The Bertz CT molecular complexity index is 472. The van der Waals surface area contributed by atoms with E-state index in [2.05, 4.69) is 18.2 Å². The quantitative estimate of drug-likeness (QED) is 0.883. The summed E-state index contributed by atoms with van der Waals surface area (Å²) in [5, 5.41) is 10.8. The lowest BCUT2D eigenvalue weighted by atomic mass is 9.84. The van der Waals surface area contributed by atoms with Crippen molar-refractivity contribution in [3.05, 3.63) is 34.9 Å². The zero-order chi connectivity index (χ0) is 14.7. The summed E-state index contributed by atoms with van der Waals surface area (Å²) in [6, 6.07) is 6.62. The first kappa shape index (κ1) is 15.1. The van der Waals surface area contributed by atoms with Crippen LogP contribution in [0.2, 0.25) is 0 Å². The van der Waals surface area contributed by atoms with Crippen molar-refractivity contribution in [2.75, 3.05) is 6.61 Å². The van der Waals surface area contributed by atoms with Crippen LogP contribution in [-0.2, 0) is 23.2 Å². The van der Waals surface area contributed by atoms with Crippen molar-refractivity contribution >= 4 is 0 Å². The summed E-state index contributed by atoms with van der Waals surface area (Å²) in [6.07, 6.45) is 10.8. The third-order valence-corrected chi connectivity index (χ3v) is 5.18. The fourth-order valence-corrected chi connectivity index (χ4v) is 3.76. The number of ether oxygens (including phenoxy) is 1. The van der Waals surface area contributed by atoms with E-state index in [9.17, 15) is 5.11 Å². The van der Waals surface area contributed by atoms with E-state index in [4.69, 9.17) is 4.74 Å². The Morgan fingerprint density at radius 1 is 1.19 bits per heavy atom. The highest BCUT2D eigenvalue weighted by Crippen LogP contribution is 2.31. The van der Waals surface area contributed by atoms with Crippen LogP contribution in [0.15, 0.2) is 18.2 Å². The van der Waals surface area contributed by atoms with Gasteiger partial charge in [0.05, 0.1) is 11.7 Å². The van der Waals surface area contributed by atoms with Crippen LogP contribution in [-0.4, -0.2) is 17.8 Å². The Labute approximate surface area is 128 Å². The molecule has 1 heterocycles. The second-order valence-electron chi connectivity index (χ2n) is 6.99. The molecule has 1 aromatic carbocycles. The summed E-state index contributed by atoms with van der Waals surface area (Å²) in [5.41, 5.74) is 3.33. The normalized spacial score (nSPS) is 24.6. The van der Waals surface area contributed by atoms with Crippen LogP contribution < -0.4 is 0 Å². The zero-order valence-electron chi connectivity index (χ0n) is 13.2. The van der Waals surface area contributed by atoms with Crippen molar-refractivity contribution in [1.29, 1.82) is 0 Å². The molecule has 1 N–H and O–H groups in total. The zero-order valence-corrected chi connectivity index (χ0v) is 13.2. The maximum absolute atomic E-state index is 10.8. The summed E-state index contributed by atoms with van der Waals surface area (Å²) in [7, 11) is 0. The Balaban J connectivity index is 1.60. The molecule has 1 saturated heterocycles.